The van der Waals surface area contributed by atoms with E-state index in [1.165, 1.54) is 0 Å². The average molecular weight is 274 g/mol. The molecule has 3 aromatic rings. The molecule has 5 heteroatoms. The van der Waals surface area contributed by atoms with E-state index in [9.17, 15) is 0 Å². The summed E-state index contributed by atoms with van der Waals surface area (Å²) < 4.78 is 1.75. The van der Waals surface area contributed by atoms with Crippen LogP contribution >= 0.6 is 11.6 Å². The molecule has 1 N–H and O–H groups in total. The third kappa shape index (κ3) is 2.20. The van der Waals surface area contributed by atoms with Crippen LogP contribution < -0.4 is 0 Å². The second-order valence-electron chi connectivity index (χ2n) is 4.22. The Morgan fingerprint density at radius 3 is 2.63 bits per heavy atom. The van der Waals surface area contributed by atoms with Gasteiger partial charge < -0.3 is 5.11 Å². The SMILES string of the molecule is OCCn1ncc2c(-c3ccc(Cl)cc3)cncc21. The van der Waals surface area contributed by atoms with Gasteiger partial charge >= 0.3 is 0 Å². The van der Waals surface area contributed by atoms with Gasteiger partial charge in [0.15, 0.2) is 0 Å². The maximum atomic E-state index is 9.02. The zero-order chi connectivity index (χ0) is 13.2. The maximum absolute atomic E-state index is 9.02. The van der Waals surface area contributed by atoms with Crippen LogP contribution in [0, 0.1) is 0 Å². The lowest BCUT2D eigenvalue weighted by Crippen LogP contribution is -2.03. The first-order chi connectivity index (χ1) is 9.29. The topological polar surface area (TPSA) is 50.9 Å². The first-order valence-electron chi connectivity index (χ1n) is 5.96. The van der Waals surface area contributed by atoms with E-state index in [1.807, 2.05) is 30.5 Å². The number of fused-ring (bicyclic) bond motifs is 1. The molecule has 3 rings (SSSR count). The number of hydrogen-bond acceptors (Lipinski definition) is 3. The van der Waals surface area contributed by atoms with Crippen LogP contribution in [-0.4, -0.2) is 26.5 Å². The van der Waals surface area contributed by atoms with Crippen LogP contribution in [-0.2, 0) is 6.54 Å². The maximum Gasteiger partial charge on any atom is 0.0872 e. The number of aromatic nitrogens is 3. The first kappa shape index (κ1) is 12.1. The van der Waals surface area contributed by atoms with E-state index in [1.54, 1.807) is 17.1 Å². The highest BCUT2D eigenvalue weighted by Crippen LogP contribution is 2.28. The molecule has 0 spiro atoms. The lowest BCUT2D eigenvalue weighted by Gasteiger charge is -2.04. The van der Waals surface area contributed by atoms with Gasteiger partial charge in [-0.1, -0.05) is 23.7 Å². The van der Waals surface area contributed by atoms with Gasteiger partial charge in [-0.25, -0.2) is 0 Å². The Morgan fingerprint density at radius 1 is 1.11 bits per heavy atom. The zero-order valence-electron chi connectivity index (χ0n) is 10.1. The van der Waals surface area contributed by atoms with E-state index < -0.39 is 0 Å². The van der Waals surface area contributed by atoms with Crippen molar-refractivity contribution in [1.82, 2.24) is 14.8 Å². The number of halogens is 1. The lowest BCUT2D eigenvalue weighted by atomic mass is 10.0. The smallest absolute Gasteiger partial charge is 0.0872 e. The Kier molecular flexibility index (Phi) is 3.19. The van der Waals surface area contributed by atoms with E-state index >= 15 is 0 Å². The van der Waals surface area contributed by atoms with Crippen molar-refractivity contribution in [1.29, 1.82) is 0 Å². The number of hydrogen-bond donors (Lipinski definition) is 1. The molecule has 19 heavy (non-hydrogen) atoms. The summed E-state index contributed by atoms with van der Waals surface area (Å²) in [5.41, 5.74) is 2.98. The van der Waals surface area contributed by atoms with Crippen molar-refractivity contribution in [2.24, 2.45) is 0 Å². The highest BCUT2D eigenvalue weighted by Gasteiger charge is 2.09. The Bertz CT molecular complexity index is 706. The van der Waals surface area contributed by atoms with Gasteiger partial charge in [0.05, 0.1) is 31.1 Å². The molecule has 1 aromatic carbocycles. The van der Waals surface area contributed by atoms with Gasteiger partial charge in [0.1, 0.15) is 0 Å². The molecule has 96 valence electrons. The molecular formula is C14H12ClN3O. The summed E-state index contributed by atoms with van der Waals surface area (Å²) in [4.78, 5) is 4.25. The quantitative estimate of drug-likeness (QED) is 0.798. The monoisotopic (exact) mass is 273 g/mol. The van der Waals surface area contributed by atoms with Crippen molar-refractivity contribution in [3.05, 3.63) is 47.9 Å². The van der Waals surface area contributed by atoms with Crippen molar-refractivity contribution in [2.75, 3.05) is 6.61 Å². The molecule has 0 radical (unpaired) electrons. The summed E-state index contributed by atoms with van der Waals surface area (Å²) in [6.45, 7) is 0.525. The molecule has 0 amide bonds. The fraction of sp³-hybridized carbons (Fsp3) is 0.143. The molecule has 0 aliphatic heterocycles. The van der Waals surface area contributed by atoms with Crippen molar-refractivity contribution in [3.63, 3.8) is 0 Å². The molecule has 0 fully saturated rings. The third-order valence-electron chi connectivity index (χ3n) is 3.04. The van der Waals surface area contributed by atoms with Gasteiger partial charge in [0.2, 0.25) is 0 Å². The van der Waals surface area contributed by atoms with Crippen LogP contribution in [0.5, 0.6) is 0 Å². The largest absolute Gasteiger partial charge is 0.394 e. The van der Waals surface area contributed by atoms with Crippen molar-refractivity contribution in [2.45, 2.75) is 6.54 Å². The number of rotatable bonds is 3. The first-order valence-corrected chi connectivity index (χ1v) is 6.33. The standard InChI is InChI=1S/C14H12ClN3O/c15-11-3-1-10(2-4-11)12-7-16-9-14-13(12)8-17-18(14)5-6-19/h1-4,7-9,19H,5-6H2. The molecule has 0 aliphatic carbocycles. The van der Waals surface area contributed by atoms with Crippen molar-refractivity contribution < 1.29 is 5.11 Å². The zero-order valence-corrected chi connectivity index (χ0v) is 10.9. The Balaban J connectivity index is 2.16. The number of aliphatic hydroxyl groups is 1. The van der Waals surface area contributed by atoms with Crippen LogP contribution in [0.15, 0.2) is 42.9 Å². The molecule has 0 saturated carbocycles. The molecule has 0 unspecified atom stereocenters. The average Bonchev–Trinajstić information content (AvgIpc) is 2.84. The van der Waals surface area contributed by atoms with E-state index in [-0.39, 0.29) is 6.61 Å². The summed E-state index contributed by atoms with van der Waals surface area (Å²) in [7, 11) is 0. The minimum absolute atomic E-state index is 0.0575. The number of benzene rings is 1. The minimum atomic E-state index is 0.0575. The summed E-state index contributed by atoms with van der Waals surface area (Å²) >= 11 is 5.90. The Labute approximate surface area is 115 Å². The summed E-state index contributed by atoms with van der Waals surface area (Å²) in [6.07, 6.45) is 5.38. The van der Waals surface area contributed by atoms with Gasteiger partial charge in [-0.05, 0) is 17.7 Å². The summed E-state index contributed by atoms with van der Waals surface area (Å²) in [5.74, 6) is 0. The molecule has 2 heterocycles. The molecule has 4 nitrogen and oxygen atoms in total. The molecular weight excluding hydrogens is 262 g/mol. The van der Waals surface area contributed by atoms with Crippen LogP contribution in [0.1, 0.15) is 0 Å². The van der Waals surface area contributed by atoms with E-state index in [0.717, 1.165) is 22.0 Å². The molecule has 0 aliphatic rings. The van der Waals surface area contributed by atoms with Gasteiger partial charge in [-0.15, -0.1) is 0 Å². The lowest BCUT2D eigenvalue weighted by molar-refractivity contribution is 0.271. The van der Waals surface area contributed by atoms with E-state index in [0.29, 0.717) is 11.6 Å². The Hall–Kier alpha value is -1.91. The molecule has 0 bridgehead atoms. The summed E-state index contributed by atoms with van der Waals surface area (Å²) in [5, 5.41) is 15.0. The van der Waals surface area contributed by atoms with Gasteiger partial charge in [-0.2, -0.15) is 5.10 Å². The molecule has 0 saturated heterocycles. The van der Waals surface area contributed by atoms with Crippen LogP contribution in [0.4, 0.5) is 0 Å². The second kappa shape index (κ2) is 4.99. The highest BCUT2D eigenvalue weighted by atomic mass is 35.5. The normalized spacial score (nSPS) is 11.1. The van der Waals surface area contributed by atoms with E-state index in [2.05, 4.69) is 10.1 Å². The van der Waals surface area contributed by atoms with Gasteiger partial charge in [-0.3, -0.25) is 9.67 Å². The number of aliphatic hydroxyl groups excluding tert-OH is 1. The summed E-state index contributed by atoms with van der Waals surface area (Å²) in [6, 6.07) is 7.63. The van der Waals surface area contributed by atoms with Crippen LogP contribution in [0.2, 0.25) is 5.02 Å². The number of nitrogens with zero attached hydrogens (tertiary/aromatic N) is 3. The molecule has 0 atom stereocenters. The predicted octanol–water partition coefficient (Wildman–Crippen LogP) is 2.74. The fourth-order valence-electron chi connectivity index (χ4n) is 2.12. The van der Waals surface area contributed by atoms with Gasteiger partial charge in [0, 0.05) is 22.2 Å². The predicted molar refractivity (Wildman–Crippen MR) is 75.1 cm³/mol. The molecule has 2 aromatic heterocycles. The minimum Gasteiger partial charge on any atom is -0.394 e. The fourth-order valence-corrected chi connectivity index (χ4v) is 2.25. The number of pyridine rings is 1. The van der Waals surface area contributed by atoms with Crippen LogP contribution in [0.3, 0.4) is 0 Å². The van der Waals surface area contributed by atoms with Gasteiger partial charge in [0.25, 0.3) is 0 Å². The van der Waals surface area contributed by atoms with Crippen LogP contribution in [0.25, 0.3) is 22.0 Å². The Morgan fingerprint density at radius 2 is 1.89 bits per heavy atom. The van der Waals surface area contributed by atoms with E-state index in [4.69, 9.17) is 16.7 Å². The van der Waals surface area contributed by atoms with Crippen molar-refractivity contribution >= 4 is 22.5 Å². The van der Waals surface area contributed by atoms with Crippen molar-refractivity contribution in [3.8, 4) is 11.1 Å². The third-order valence-corrected chi connectivity index (χ3v) is 3.29. The highest BCUT2D eigenvalue weighted by molar-refractivity contribution is 6.30. The second-order valence-corrected chi connectivity index (χ2v) is 4.65.